The summed E-state index contributed by atoms with van der Waals surface area (Å²) in [4.78, 5) is 29.0. The van der Waals surface area contributed by atoms with Crippen LogP contribution in [0.2, 0.25) is 0 Å². The number of thiazole rings is 1. The molecular formula is C21H20N2O4S2. The van der Waals surface area contributed by atoms with Gasteiger partial charge in [0, 0.05) is 22.5 Å². The van der Waals surface area contributed by atoms with Gasteiger partial charge in [-0.2, -0.15) is 0 Å². The molecule has 1 heterocycles. The summed E-state index contributed by atoms with van der Waals surface area (Å²) in [5.74, 6) is 0.350. The van der Waals surface area contributed by atoms with E-state index in [0.717, 1.165) is 15.6 Å². The minimum absolute atomic E-state index is 0.363. The summed E-state index contributed by atoms with van der Waals surface area (Å²) in [6.45, 7) is 1.58. The van der Waals surface area contributed by atoms with Gasteiger partial charge in [-0.15, -0.1) is 11.3 Å². The number of methoxy groups -OCH3 is 1. The van der Waals surface area contributed by atoms with Crippen molar-refractivity contribution >= 4 is 40.7 Å². The number of benzene rings is 2. The highest BCUT2D eigenvalue weighted by molar-refractivity contribution is 8.00. The molecule has 8 heteroatoms. The third-order valence-corrected chi connectivity index (χ3v) is 6.08. The highest BCUT2D eigenvalue weighted by atomic mass is 32.2. The molecule has 0 spiro atoms. The maximum atomic E-state index is 12.5. The summed E-state index contributed by atoms with van der Waals surface area (Å²) >= 11 is 3.14. The summed E-state index contributed by atoms with van der Waals surface area (Å²) in [7, 11) is 1.57. The Balaban J connectivity index is 1.55. The Morgan fingerprint density at radius 2 is 1.90 bits per heavy atom. The SMILES string of the molecule is COc1ccc(NC(=O)COC(=O)c2ccccc2CSc2nc(C)cs2)cc1. The molecule has 0 aliphatic carbocycles. The Morgan fingerprint density at radius 1 is 1.14 bits per heavy atom. The summed E-state index contributed by atoms with van der Waals surface area (Å²) in [5.41, 5.74) is 2.87. The van der Waals surface area contributed by atoms with Crippen molar-refractivity contribution in [3.63, 3.8) is 0 Å². The van der Waals surface area contributed by atoms with Gasteiger partial charge in [-0.3, -0.25) is 4.79 Å². The average molecular weight is 429 g/mol. The highest BCUT2D eigenvalue weighted by Crippen LogP contribution is 2.27. The Labute approximate surface area is 177 Å². The average Bonchev–Trinajstić information content (AvgIpc) is 3.16. The zero-order valence-corrected chi connectivity index (χ0v) is 17.6. The van der Waals surface area contributed by atoms with Crippen LogP contribution < -0.4 is 10.1 Å². The van der Waals surface area contributed by atoms with Crippen LogP contribution in [0.15, 0.2) is 58.3 Å². The van der Waals surface area contributed by atoms with Crippen LogP contribution in [0.5, 0.6) is 5.75 Å². The number of anilines is 1. The maximum Gasteiger partial charge on any atom is 0.338 e. The van der Waals surface area contributed by atoms with Crippen molar-refractivity contribution in [3.8, 4) is 5.75 Å². The molecule has 1 N–H and O–H groups in total. The Morgan fingerprint density at radius 3 is 2.59 bits per heavy atom. The Kier molecular flexibility index (Phi) is 7.26. The summed E-state index contributed by atoms with van der Waals surface area (Å²) in [5, 5.41) is 4.67. The van der Waals surface area contributed by atoms with Crippen LogP contribution in [0, 0.1) is 6.92 Å². The van der Waals surface area contributed by atoms with Gasteiger partial charge in [0.15, 0.2) is 6.61 Å². The number of carbonyl (C=O) groups is 2. The monoisotopic (exact) mass is 428 g/mol. The Bertz CT molecular complexity index is 986. The summed E-state index contributed by atoms with van der Waals surface area (Å²) in [6, 6.07) is 14.1. The van der Waals surface area contributed by atoms with Crippen molar-refractivity contribution in [2.75, 3.05) is 19.0 Å². The summed E-state index contributed by atoms with van der Waals surface area (Å²) in [6.07, 6.45) is 0. The molecule has 0 saturated carbocycles. The fourth-order valence-electron chi connectivity index (χ4n) is 2.46. The Hall–Kier alpha value is -2.84. The number of aryl methyl sites for hydroxylation is 1. The molecule has 3 rings (SSSR count). The second-order valence-corrected chi connectivity index (χ2v) is 8.13. The molecule has 0 atom stereocenters. The molecule has 0 bridgehead atoms. The lowest BCUT2D eigenvalue weighted by molar-refractivity contribution is -0.119. The molecule has 3 aromatic rings. The number of amides is 1. The molecule has 0 saturated heterocycles. The van der Waals surface area contributed by atoms with Gasteiger partial charge in [-0.05, 0) is 42.8 Å². The smallest absolute Gasteiger partial charge is 0.338 e. The first-order chi connectivity index (χ1) is 14.0. The van der Waals surface area contributed by atoms with E-state index >= 15 is 0 Å². The first kappa shape index (κ1) is 20.9. The predicted molar refractivity (Wildman–Crippen MR) is 115 cm³/mol. The molecular weight excluding hydrogens is 408 g/mol. The predicted octanol–water partition coefficient (Wildman–Crippen LogP) is 4.55. The normalized spacial score (nSPS) is 10.4. The lowest BCUT2D eigenvalue weighted by Crippen LogP contribution is -2.21. The standard InChI is InChI=1S/C21H20N2O4S2/c1-14-12-28-21(22-14)29-13-15-5-3-4-6-18(15)20(25)27-11-19(24)23-16-7-9-17(26-2)10-8-16/h3-10,12H,11,13H2,1-2H3,(H,23,24). The van der Waals surface area contributed by atoms with Crippen molar-refractivity contribution in [2.45, 2.75) is 17.0 Å². The lowest BCUT2D eigenvalue weighted by atomic mass is 10.1. The van der Waals surface area contributed by atoms with Crippen LogP contribution in [-0.4, -0.2) is 30.6 Å². The number of hydrogen-bond donors (Lipinski definition) is 1. The second-order valence-electron chi connectivity index (χ2n) is 6.05. The molecule has 1 aromatic heterocycles. The van der Waals surface area contributed by atoms with E-state index in [9.17, 15) is 9.59 Å². The zero-order valence-electron chi connectivity index (χ0n) is 16.0. The molecule has 2 aromatic carbocycles. The van der Waals surface area contributed by atoms with E-state index in [0.29, 0.717) is 22.8 Å². The number of esters is 1. The third-order valence-electron chi connectivity index (χ3n) is 3.89. The van der Waals surface area contributed by atoms with Crippen LogP contribution in [0.3, 0.4) is 0 Å². The van der Waals surface area contributed by atoms with Crippen LogP contribution in [0.1, 0.15) is 21.6 Å². The van der Waals surface area contributed by atoms with Gasteiger partial charge in [-0.1, -0.05) is 30.0 Å². The number of thioether (sulfide) groups is 1. The molecule has 150 valence electrons. The number of nitrogens with one attached hydrogen (secondary N) is 1. The van der Waals surface area contributed by atoms with Crippen molar-refractivity contribution in [1.29, 1.82) is 0 Å². The summed E-state index contributed by atoms with van der Waals surface area (Å²) < 4.78 is 11.2. The van der Waals surface area contributed by atoms with E-state index in [1.54, 1.807) is 66.6 Å². The van der Waals surface area contributed by atoms with Crippen LogP contribution in [-0.2, 0) is 15.3 Å². The van der Waals surface area contributed by atoms with E-state index in [2.05, 4.69) is 10.3 Å². The number of aromatic nitrogens is 1. The number of nitrogens with zero attached hydrogens (tertiary/aromatic N) is 1. The fourth-order valence-corrected chi connectivity index (χ4v) is 4.32. The molecule has 6 nitrogen and oxygen atoms in total. The molecule has 0 aliphatic rings. The highest BCUT2D eigenvalue weighted by Gasteiger charge is 2.15. The van der Waals surface area contributed by atoms with E-state index in [1.807, 2.05) is 24.4 Å². The van der Waals surface area contributed by atoms with Gasteiger partial charge < -0.3 is 14.8 Å². The fraction of sp³-hybridized carbons (Fsp3) is 0.190. The number of hydrogen-bond acceptors (Lipinski definition) is 7. The van der Waals surface area contributed by atoms with Gasteiger partial charge in [0.1, 0.15) is 10.1 Å². The van der Waals surface area contributed by atoms with Crippen LogP contribution in [0.4, 0.5) is 5.69 Å². The van der Waals surface area contributed by atoms with E-state index in [-0.39, 0.29) is 6.61 Å². The zero-order chi connectivity index (χ0) is 20.6. The van der Waals surface area contributed by atoms with Crippen LogP contribution >= 0.6 is 23.1 Å². The van der Waals surface area contributed by atoms with E-state index in [1.165, 1.54) is 0 Å². The first-order valence-electron chi connectivity index (χ1n) is 8.79. The van der Waals surface area contributed by atoms with Gasteiger partial charge in [0.05, 0.1) is 12.7 Å². The van der Waals surface area contributed by atoms with Crippen molar-refractivity contribution in [2.24, 2.45) is 0 Å². The number of ether oxygens (including phenoxy) is 2. The van der Waals surface area contributed by atoms with E-state index in [4.69, 9.17) is 9.47 Å². The molecule has 29 heavy (non-hydrogen) atoms. The molecule has 0 aliphatic heterocycles. The molecule has 1 amide bonds. The molecule has 0 unspecified atom stereocenters. The van der Waals surface area contributed by atoms with Crippen molar-refractivity contribution in [3.05, 3.63) is 70.7 Å². The number of carbonyl (C=O) groups excluding carboxylic acids is 2. The van der Waals surface area contributed by atoms with Gasteiger partial charge in [0.2, 0.25) is 0 Å². The van der Waals surface area contributed by atoms with Crippen molar-refractivity contribution < 1.29 is 19.1 Å². The van der Waals surface area contributed by atoms with Gasteiger partial charge >= 0.3 is 5.97 Å². The lowest BCUT2D eigenvalue weighted by Gasteiger charge is -2.10. The quantitative estimate of drug-likeness (QED) is 0.419. The largest absolute Gasteiger partial charge is 0.497 e. The van der Waals surface area contributed by atoms with Gasteiger partial charge in [-0.25, -0.2) is 9.78 Å². The maximum absolute atomic E-state index is 12.5. The first-order valence-corrected chi connectivity index (χ1v) is 10.7. The topological polar surface area (TPSA) is 77.5 Å². The van der Waals surface area contributed by atoms with E-state index < -0.39 is 11.9 Å². The number of rotatable bonds is 8. The van der Waals surface area contributed by atoms with Crippen molar-refractivity contribution in [1.82, 2.24) is 4.98 Å². The van der Waals surface area contributed by atoms with Crippen LogP contribution in [0.25, 0.3) is 0 Å². The second kappa shape index (κ2) is 10.1. The molecule has 0 fully saturated rings. The molecule has 0 radical (unpaired) electrons. The minimum Gasteiger partial charge on any atom is -0.497 e. The minimum atomic E-state index is -0.526. The third kappa shape index (κ3) is 6.07. The van der Waals surface area contributed by atoms with Gasteiger partial charge in [0.25, 0.3) is 5.91 Å².